The van der Waals surface area contributed by atoms with Gasteiger partial charge in [-0.3, -0.25) is 0 Å². The van der Waals surface area contributed by atoms with Gasteiger partial charge in [0.25, 0.3) is 0 Å². The molecule has 0 aliphatic rings. The van der Waals surface area contributed by atoms with Gasteiger partial charge in [-0.05, 0) is 12.8 Å². The molecule has 0 aromatic heterocycles. The average Bonchev–Trinajstić information content (AvgIpc) is 3.27. The number of rotatable bonds is 46. The van der Waals surface area contributed by atoms with Crippen LogP contribution in [0.15, 0.2) is 0 Å². The zero-order valence-electron chi connectivity index (χ0n) is 42.6. The molecule has 0 saturated heterocycles. The van der Waals surface area contributed by atoms with Gasteiger partial charge in [-0.25, -0.2) is 0 Å². The second-order valence-corrected chi connectivity index (χ2v) is 18.0. The summed E-state index contributed by atoms with van der Waals surface area (Å²) < 4.78 is 8.25. The van der Waals surface area contributed by atoms with Crippen molar-refractivity contribution in [1.29, 1.82) is 0 Å². The van der Waals surface area contributed by atoms with Gasteiger partial charge >= 0.3 is 23.7 Å². The van der Waals surface area contributed by atoms with E-state index in [-0.39, 0.29) is 0 Å². The Hall–Kier alpha value is 0.434. The first kappa shape index (κ1) is 69.5. The first-order valence-electron chi connectivity index (χ1n) is 27.7. The first-order valence-corrected chi connectivity index (χ1v) is 28.3. The third-order valence-corrected chi connectivity index (χ3v) is 11.7. The summed E-state index contributed by atoms with van der Waals surface area (Å²) in [5.41, 5.74) is 0. The van der Waals surface area contributed by atoms with Crippen molar-refractivity contribution in [3.05, 3.63) is 13.8 Å². The number of aliphatic hydroxyl groups is 2. The molecule has 60 heavy (non-hydrogen) atoms. The predicted molar refractivity (Wildman–Crippen MR) is 270 cm³/mol. The quantitative estimate of drug-likeness (QED) is 0.0364. The van der Waals surface area contributed by atoms with E-state index in [0.29, 0.717) is 13.2 Å². The molecule has 0 radical (unpaired) electrons. The summed E-state index contributed by atoms with van der Waals surface area (Å²) in [6.45, 7) is 17.6. The molecule has 0 spiro atoms. The molecule has 3 nitrogen and oxygen atoms in total. The molecule has 0 bridgehead atoms. The third-order valence-electron chi connectivity index (χ3n) is 11.7. The summed E-state index contributed by atoms with van der Waals surface area (Å²) in [6.07, 6.45) is 66.2. The van der Waals surface area contributed by atoms with Crippen LogP contribution in [0.4, 0.5) is 0 Å². The van der Waals surface area contributed by atoms with Crippen LogP contribution in [0.3, 0.4) is 0 Å². The number of unbranched alkanes of at least 4 members (excludes halogenated alkanes) is 44. The van der Waals surface area contributed by atoms with Gasteiger partial charge in [-0.1, -0.05) is 310 Å². The van der Waals surface area contributed by atoms with Crippen molar-refractivity contribution in [3.63, 3.8) is 0 Å². The van der Waals surface area contributed by atoms with E-state index in [1.165, 1.54) is 283 Å². The second kappa shape index (κ2) is 79.8. The van der Waals surface area contributed by atoms with E-state index in [1.54, 1.807) is 0 Å². The normalized spacial score (nSPS) is 10.5. The summed E-state index contributed by atoms with van der Waals surface area (Å²) in [5.74, 6) is 0. The molecular formula is C56H118O3Ti. The SMILES string of the molecule is CCCCCCCCCCCCCCO.CCCCCCCCCCCCCCO.[CH2-]CCCCCCCCCCCCC.[CH2-]CCCCCCCCCCCCC.[O]=[Ti+2]. The zero-order valence-corrected chi connectivity index (χ0v) is 44.1. The second-order valence-electron chi connectivity index (χ2n) is 18.0. The van der Waals surface area contributed by atoms with Crippen LogP contribution >= 0.6 is 0 Å². The monoisotopic (exact) mass is 887 g/mol. The molecule has 0 aliphatic heterocycles. The van der Waals surface area contributed by atoms with Crippen molar-refractivity contribution in [2.45, 2.75) is 336 Å². The molecular weight excluding hydrogens is 768 g/mol. The third kappa shape index (κ3) is 89.4. The van der Waals surface area contributed by atoms with Crippen molar-refractivity contribution in [2.24, 2.45) is 0 Å². The number of aliphatic hydroxyl groups excluding tert-OH is 2. The van der Waals surface area contributed by atoms with Gasteiger partial charge in [0.05, 0.1) is 0 Å². The van der Waals surface area contributed by atoms with Gasteiger partial charge in [0, 0.05) is 13.2 Å². The van der Waals surface area contributed by atoms with Crippen molar-refractivity contribution >= 4 is 0 Å². The standard InChI is InChI=1S/2C14H30O.2C14H29.O.Ti/c2*1-2-3-4-5-6-7-8-9-10-11-12-13-14-15;2*1-3-5-7-9-11-13-14-12-10-8-6-4-2;;/h2*15H,2-14H2,1H3;2*1,3-14H2,2H3;;/q;;2*-1;;+2. The predicted octanol–water partition coefficient (Wildman–Crippen LogP) is 20.3. The Kier molecular flexibility index (Phi) is 92.4. The molecule has 0 aromatic carbocycles. The summed E-state index contributed by atoms with van der Waals surface area (Å²) in [5, 5.41) is 17.2. The fourth-order valence-electron chi connectivity index (χ4n) is 7.59. The Labute approximate surface area is 394 Å². The zero-order chi connectivity index (χ0) is 45.4. The minimum absolute atomic E-state index is 0.372. The van der Waals surface area contributed by atoms with Gasteiger partial charge in [0.2, 0.25) is 0 Å². The van der Waals surface area contributed by atoms with Crippen LogP contribution in [0.2, 0.25) is 0 Å². The van der Waals surface area contributed by atoms with Crippen molar-refractivity contribution in [2.75, 3.05) is 13.2 Å². The fraction of sp³-hybridized carbons (Fsp3) is 0.964. The maximum absolute atomic E-state index is 8.61. The Morgan fingerprint density at radius 1 is 0.233 bits per heavy atom. The van der Waals surface area contributed by atoms with E-state index < -0.39 is 0 Å². The van der Waals surface area contributed by atoms with Gasteiger partial charge in [-0.2, -0.15) is 12.8 Å². The maximum atomic E-state index is 8.61. The molecule has 0 fully saturated rings. The molecule has 0 atom stereocenters. The molecule has 0 saturated carbocycles. The van der Waals surface area contributed by atoms with Crippen LogP contribution in [0.5, 0.6) is 0 Å². The van der Waals surface area contributed by atoms with Gasteiger partial charge in [0.15, 0.2) is 0 Å². The van der Waals surface area contributed by atoms with Crippen LogP contribution in [-0.2, 0) is 23.7 Å². The van der Waals surface area contributed by atoms with Gasteiger partial charge < -0.3 is 24.1 Å². The van der Waals surface area contributed by atoms with Crippen molar-refractivity contribution in [1.82, 2.24) is 0 Å². The molecule has 2 N–H and O–H groups in total. The molecule has 0 unspecified atom stereocenters. The van der Waals surface area contributed by atoms with Crippen molar-refractivity contribution < 1.29 is 33.9 Å². The molecule has 0 amide bonds. The number of hydrogen-bond donors (Lipinski definition) is 2. The fourth-order valence-corrected chi connectivity index (χ4v) is 7.59. The van der Waals surface area contributed by atoms with Crippen LogP contribution in [0.25, 0.3) is 0 Å². The molecule has 364 valence electrons. The average molecular weight is 887 g/mol. The minimum atomic E-state index is 0.372. The van der Waals surface area contributed by atoms with Gasteiger partial charge in [-0.15, -0.1) is 0 Å². The van der Waals surface area contributed by atoms with E-state index in [0.717, 1.165) is 46.1 Å². The van der Waals surface area contributed by atoms with E-state index in [9.17, 15) is 0 Å². The Morgan fingerprint density at radius 3 is 0.467 bits per heavy atom. The Balaban J connectivity index is -0.000000221. The Morgan fingerprint density at radius 2 is 0.350 bits per heavy atom. The van der Waals surface area contributed by atoms with Crippen LogP contribution in [0.1, 0.15) is 336 Å². The molecule has 0 aliphatic carbocycles. The summed E-state index contributed by atoms with van der Waals surface area (Å²) in [7, 11) is 0. The van der Waals surface area contributed by atoms with E-state index in [2.05, 4.69) is 41.5 Å². The van der Waals surface area contributed by atoms with Crippen molar-refractivity contribution in [3.8, 4) is 0 Å². The summed E-state index contributed by atoms with van der Waals surface area (Å²) in [4.78, 5) is 0. The summed E-state index contributed by atoms with van der Waals surface area (Å²) >= 11 is 0.750. The topological polar surface area (TPSA) is 57.5 Å². The molecule has 0 rings (SSSR count). The first-order chi connectivity index (χ1) is 29.7. The molecule has 0 heterocycles. The van der Waals surface area contributed by atoms with Crippen LogP contribution in [0, 0.1) is 13.8 Å². The Bertz CT molecular complexity index is 505. The van der Waals surface area contributed by atoms with E-state index >= 15 is 0 Å². The number of hydrogen-bond acceptors (Lipinski definition) is 3. The van der Waals surface area contributed by atoms with E-state index in [4.69, 9.17) is 13.5 Å². The molecule has 0 aromatic rings. The molecule has 4 heteroatoms. The summed E-state index contributed by atoms with van der Waals surface area (Å²) in [6, 6.07) is 0. The van der Waals surface area contributed by atoms with Crippen LogP contribution in [-0.4, -0.2) is 23.4 Å². The van der Waals surface area contributed by atoms with Gasteiger partial charge in [0.1, 0.15) is 0 Å². The van der Waals surface area contributed by atoms with E-state index in [1.807, 2.05) is 0 Å². The van der Waals surface area contributed by atoms with Crippen LogP contribution < -0.4 is 0 Å².